The number of benzene rings is 4. The van der Waals surface area contributed by atoms with Gasteiger partial charge in [-0.3, -0.25) is 14.9 Å². The second kappa shape index (κ2) is 11.4. The maximum Gasteiger partial charge on any atom is 0.423 e. The number of alkyl halides is 3. The number of hydrogen-bond donors (Lipinski definition) is 3. The molecule has 0 saturated carbocycles. The van der Waals surface area contributed by atoms with Crippen molar-refractivity contribution in [2.24, 2.45) is 0 Å². The minimum atomic E-state index is -4.99. The first kappa shape index (κ1) is 29.9. The first-order valence-corrected chi connectivity index (χ1v) is 12.7. The fourth-order valence-electron chi connectivity index (χ4n) is 4.55. The SMILES string of the molecule is Cc1cc(C(=O)c2cc(Cc3ccccc3)c(O)c(O)c2O)c(C(C)C)cc1Oc1ccc([N+](=O)[O-])c(C(F)(F)F)c1. The second-order valence-electron chi connectivity index (χ2n) is 10.0. The van der Waals surface area contributed by atoms with Crippen molar-refractivity contribution in [2.45, 2.75) is 39.3 Å². The van der Waals surface area contributed by atoms with Crippen LogP contribution in [0.1, 0.15) is 63.5 Å². The number of nitro groups is 1. The quantitative estimate of drug-likeness (QED) is 0.0838. The Bertz CT molecular complexity index is 1680. The molecule has 11 heteroatoms. The number of carbonyl (C=O) groups is 1. The van der Waals surface area contributed by atoms with Crippen LogP contribution in [0.5, 0.6) is 28.7 Å². The summed E-state index contributed by atoms with van der Waals surface area (Å²) in [5.41, 5.74) is -0.919. The van der Waals surface area contributed by atoms with E-state index in [4.69, 9.17) is 4.74 Å². The van der Waals surface area contributed by atoms with Gasteiger partial charge >= 0.3 is 6.18 Å². The van der Waals surface area contributed by atoms with E-state index in [-0.39, 0.29) is 40.5 Å². The molecular formula is C31H26F3NO7. The van der Waals surface area contributed by atoms with Crippen LogP contribution in [-0.4, -0.2) is 26.0 Å². The number of aromatic hydroxyl groups is 3. The third-order valence-corrected chi connectivity index (χ3v) is 6.72. The minimum Gasteiger partial charge on any atom is -0.504 e. The van der Waals surface area contributed by atoms with Crippen LogP contribution in [0, 0.1) is 17.0 Å². The van der Waals surface area contributed by atoms with Crippen molar-refractivity contribution in [3.63, 3.8) is 0 Å². The smallest absolute Gasteiger partial charge is 0.423 e. The lowest BCUT2D eigenvalue weighted by Gasteiger charge is -2.19. The van der Waals surface area contributed by atoms with E-state index in [0.29, 0.717) is 23.3 Å². The van der Waals surface area contributed by atoms with Gasteiger partial charge in [0.15, 0.2) is 17.3 Å². The normalized spacial score (nSPS) is 11.5. The number of nitrogens with zero attached hydrogens (tertiary/aromatic N) is 1. The molecule has 4 rings (SSSR count). The average molecular weight is 582 g/mol. The number of ketones is 1. The summed E-state index contributed by atoms with van der Waals surface area (Å²) in [5.74, 6) is -3.34. The van der Waals surface area contributed by atoms with Crippen LogP contribution in [0.4, 0.5) is 18.9 Å². The fourth-order valence-corrected chi connectivity index (χ4v) is 4.55. The molecular weight excluding hydrogens is 555 g/mol. The molecule has 8 nitrogen and oxygen atoms in total. The zero-order valence-corrected chi connectivity index (χ0v) is 22.7. The molecule has 0 saturated heterocycles. The van der Waals surface area contributed by atoms with Gasteiger partial charge in [-0.05, 0) is 59.9 Å². The molecule has 0 aliphatic rings. The summed E-state index contributed by atoms with van der Waals surface area (Å²) in [7, 11) is 0. The van der Waals surface area contributed by atoms with E-state index in [0.717, 1.165) is 11.6 Å². The van der Waals surface area contributed by atoms with Crippen molar-refractivity contribution < 1.29 is 42.9 Å². The Balaban J connectivity index is 1.76. The third-order valence-electron chi connectivity index (χ3n) is 6.72. The van der Waals surface area contributed by atoms with Gasteiger partial charge in [0.25, 0.3) is 5.69 Å². The highest BCUT2D eigenvalue weighted by Gasteiger charge is 2.38. The maximum atomic E-state index is 13.8. The Morgan fingerprint density at radius 3 is 2.19 bits per heavy atom. The van der Waals surface area contributed by atoms with Gasteiger partial charge < -0.3 is 20.1 Å². The predicted octanol–water partition coefficient (Wildman–Crippen LogP) is 7.78. The molecule has 0 fully saturated rings. The van der Waals surface area contributed by atoms with Crippen molar-refractivity contribution in [2.75, 3.05) is 0 Å². The first-order chi connectivity index (χ1) is 19.7. The van der Waals surface area contributed by atoms with Gasteiger partial charge in [-0.15, -0.1) is 0 Å². The number of phenols is 3. The number of hydrogen-bond acceptors (Lipinski definition) is 7. The summed E-state index contributed by atoms with van der Waals surface area (Å²) in [4.78, 5) is 23.7. The van der Waals surface area contributed by atoms with Gasteiger partial charge in [0, 0.05) is 23.6 Å². The molecule has 0 spiro atoms. The predicted molar refractivity (Wildman–Crippen MR) is 148 cm³/mol. The number of ether oxygens (including phenoxy) is 1. The van der Waals surface area contributed by atoms with E-state index in [2.05, 4.69) is 0 Å². The van der Waals surface area contributed by atoms with Gasteiger partial charge in [-0.25, -0.2) is 0 Å². The molecule has 0 bridgehead atoms. The number of carbonyl (C=O) groups excluding carboxylic acids is 1. The van der Waals surface area contributed by atoms with Crippen molar-refractivity contribution >= 4 is 11.5 Å². The molecule has 0 radical (unpaired) electrons. The first-order valence-electron chi connectivity index (χ1n) is 12.7. The Kier molecular flexibility index (Phi) is 8.14. The summed E-state index contributed by atoms with van der Waals surface area (Å²) in [6.07, 6.45) is -4.83. The zero-order valence-electron chi connectivity index (χ0n) is 22.7. The summed E-state index contributed by atoms with van der Waals surface area (Å²) in [6, 6.07) is 15.5. The van der Waals surface area contributed by atoms with Crippen molar-refractivity contribution in [3.05, 3.63) is 116 Å². The molecule has 3 N–H and O–H groups in total. The molecule has 0 aliphatic carbocycles. The van der Waals surface area contributed by atoms with E-state index >= 15 is 0 Å². The van der Waals surface area contributed by atoms with E-state index in [1.807, 2.05) is 6.07 Å². The Morgan fingerprint density at radius 1 is 0.929 bits per heavy atom. The number of nitro benzene ring substituents is 1. The van der Waals surface area contributed by atoms with Crippen LogP contribution in [0.25, 0.3) is 0 Å². The Hall–Kier alpha value is -5.06. The largest absolute Gasteiger partial charge is 0.504 e. The highest BCUT2D eigenvalue weighted by atomic mass is 19.4. The van der Waals surface area contributed by atoms with Crippen LogP contribution >= 0.6 is 0 Å². The molecule has 0 heterocycles. The van der Waals surface area contributed by atoms with E-state index in [1.165, 1.54) is 18.2 Å². The van der Waals surface area contributed by atoms with Crippen LogP contribution in [0.3, 0.4) is 0 Å². The van der Waals surface area contributed by atoms with Gasteiger partial charge in [0.1, 0.15) is 17.1 Å². The second-order valence-corrected chi connectivity index (χ2v) is 10.0. The summed E-state index contributed by atoms with van der Waals surface area (Å²) in [5, 5.41) is 42.6. The average Bonchev–Trinajstić information content (AvgIpc) is 2.93. The molecule has 42 heavy (non-hydrogen) atoms. The minimum absolute atomic E-state index is 0.111. The molecule has 0 aromatic heterocycles. The van der Waals surface area contributed by atoms with Crippen molar-refractivity contribution in [1.29, 1.82) is 0 Å². The fraction of sp³-hybridized carbons (Fsp3) is 0.194. The van der Waals surface area contributed by atoms with Gasteiger partial charge in [-0.1, -0.05) is 44.2 Å². The Morgan fingerprint density at radius 2 is 1.60 bits per heavy atom. The van der Waals surface area contributed by atoms with E-state index < -0.39 is 45.4 Å². The Labute approximate surface area is 238 Å². The molecule has 0 amide bonds. The lowest BCUT2D eigenvalue weighted by Crippen LogP contribution is -2.10. The van der Waals surface area contributed by atoms with Gasteiger partial charge in [-0.2, -0.15) is 13.2 Å². The van der Waals surface area contributed by atoms with Crippen LogP contribution < -0.4 is 4.74 Å². The number of aryl methyl sites for hydroxylation is 1. The summed E-state index contributed by atoms with van der Waals surface area (Å²) in [6.45, 7) is 5.10. The molecule has 0 atom stereocenters. The van der Waals surface area contributed by atoms with Crippen LogP contribution in [-0.2, 0) is 12.6 Å². The third kappa shape index (κ3) is 5.99. The monoisotopic (exact) mass is 581 g/mol. The number of phenolic OH excluding ortho intramolecular Hbond substituents is 3. The van der Waals surface area contributed by atoms with Gasteiger partial charge in [0.2, 0.25) is 5.75 Å². The van der Waals surface area contributed by atoms with E-state index in [1.54, 1.807) is 45.0 Å². The number of halogens is 3. The highest BCUT2D eigenvalue weighted by Crippen LogP contribution is 2.44. The molecule has 218 valence electrons. The molecule has 0 unspecified atom stereocenters. The van der Waals surface area contributed by atoms with Crippen LogP contribution in [0.2, 0.25) is 0 Å². The van der Waals surface area contributed by atoms with Crippen molar-refractivity contribution in [1.82, 2.24) is 0 Å². The summed E-state index contributed by atoms with van der Waals surface area (Å²) < 4.78 is 46.1. The zero-order chi connectivity index (χ0) is 30.9. The van der Waals surface area contributed by atoms with Crippen LogP contribution in [0.15, 0.2) is 66.7 Å². The lowest BCUT2D eigenvalue weighted by molar-refractivity contribution is -0.388. The molecule has 4 aromatic rings. The summed E-state index contributed by atoms with van der Waals surface area (Å²) >= 11 is 0. The topological polar surface area (TPSA) is 130 Å². The standard InChI is InChI=1S/C31H26F3NO7/c1-16(2)21-15-26(42-20-9-10-25(35(40)41)24(14-20)31(32,33)34)17(3)11-22(21)28(37)23-13-19(27(36)30(39)29(23)38)12-18-7-5-4-6-8-18/h4-11,13-16,36,38-39H,12H2,1-3H3. The lowest BCUT2D eigenvalue weighted by atomic mass is 9.88. The number of rotatable bonds is 8. The van der Waals surface area contributed by atoms with Gasteiger partial charge in [0.05, 0.1) is 10.5 Å². The van der Waals surface area contributed by atoms with E-state index in [9.17, 15) is 43.4 Å². The maximum absolute atomic E-state index is 13.8. The highest BCUT2D eigenvalue weighted by molar-refractivity contribution is 6.12. The molecule has 0 aliphatic heterocycles. The van der Waals surface area contributed by atoms with Crippen molar-refractivity contribution in [3.8, 4) is 28.7 Å². The molecule has 4 aromatic carbocycles.